The Bertz CT molecular complexity index is 1070. The number of likely N-dealkylation sites (tertiary alicyclic amines) is 1. The van der Waals surface area contributed by atoms with Gasteiger partial charge in [0.25, 0.3) is 0 Å². The number of ether oxygens (including phenoxy) is 2. The number of carbonyl (C=O) groups is 1. The maximum Gasteiger partial charge on any atom is 0.350 e. The monoisotopic (exact) mass is 382 g/mol. The molecule has 0 aliphatic carbocycles. The van der Waals surface area contributed by atoms with Gasteiger partial charge >= 0.3 is 5.69 Å². The van der Waals surface area contributed by atoms with Gasteiger partial charge in [-0.1, -0.05) is 12.1 Å². The third kappa shape index (κ3) is 3.11. The molecule has 3 aromatic rings. The highest BCUT2D eigenvalue weighted by Gasteiger charge is 2.31. The van der Waals surface area contributed by atoms with E-state index in [1.165, 1.54) is 9.08 Å². The third-order valence-corrected chi connectivity index (χ3v) is 5.14. The molecule has 1 aromatic carbocycles. The van der Waals surface area contributed by atoms with E-state index < -0.39 is 0 Å². The number of carbonyl (C=O) groups excluding carboxylic acids is 1. The molecule has 2 aromatic heterocycles. The number of hydrogen-bond donors (Lipinski definition) is 0. The van der Waals surface area contributed by atoms with E-state index in [1.807, 2.05) is 29.2 Å². The van der Waals surface area contributed by atoms with Crippen LogP contribution in [-0.2, 0) is 11.3 Å². The summed E-state index contributed by atoms with van der Waals surface area (Å²) in [6.07, 6.45) is 3.42. The molecule has 0 radical (unpaired) electrons. The van der Waals surface area contributed by atoms with Crippen LogP contribution in [-0.4, -0.2) is 45.8 Å². The van der Waals surface area contributed by atoms with Gasteiger partial charge < -0.3 is 14.4 Å². The van der Waals surface area contributed by atoms with Crippen LogP contribution in [0.2, 0.25) is 0 Å². The first-order chi connectivity index (χ1) is 13.6. The Hall–Kier alpha value is -3.29. The number of fused-ring (bicyclic) bond motifs is 1. The summed E-state index contributed by atoms with van der Waals surface area (Å²) in [6.45, 7) is 0.574. The van der Waals surface area contributed by atoms with Crippen molar-refractivity contribution >= 4 is 11.6 Å². The maximum absolute atomic E-state index is 13.0. The minimum atomic E-state index is -0.314. The Balaban J connectivity index is 1.58. The first kappa shape index (κ1) is 18.1. The molecule has 1 fully saturated rings. The molecule has 8 nitrogen and oxygen atoms in total. The Morgan fingerprint density at radius 2 is 2.00 bits per heavy atom. The number of hydrogen-bond acceptors (Lipinski definition) is 5. The summed E-state index contributed by atoms with van der Waals surface area (Å²) in [5.41, 5.74) is 1.20. The quantitative estimate of drug-likeness (QED) is 0.673. The second kappa shape index (κ2) is 7.38. The second-order valence-electron chi connectivity index (χ2n) is 6.73. The van der Waals surface area contributed by atoms with E-state index in [9.17, 15) is 9.59 Å². The smallest absolute Gasteiger partial charge is 0.350 e. The summed E-state index contributed by atoms with van der Waals surface area (Å²) in [6, 6.07) is 11.0. The maximum atomic E-state index is 13.0. The van der Waals surface area contributed by atoms with Gasteiger partial charge in [0.15, 0.2) is 17.1 Å². The number of pyridine rings is 1. The summed E-state index contributed by atoms with van der Waals surface area (Å²) < 4.78 is 13.3. The van der Waals surface area contributed by atoms with E-state index in [4.69, 9.17) is 9.47 Å². The van der Waals surface area contributed by atoms with Crippen LogP contribution in [0, 0.1) is 0 Å². The second-order valence-corrected chi connectivity index (χ2v) is 6.73. The molecule has 4 rings (SSSR count). The molecule has 28 heavy (non-hydrogen) atoms. The molecule has 3 heterocycles. The van der Waals surface area contributed by atoms with Crippen LogP contribution in [0.5, 0.6) is 11.5 Å². The van der Waals surface area contributed by atoms with Gasteiger partial charge in [0.1, 0.15) is 6.54 Å². The summed E-state index contributed by atoms with van der Waals surface area (Å²) in [5, 5.41) is 4.25. The summed E-state index contributed by atoms with van der Waals surface area (Å²) in [5.74, 6) is 1.16. The predicted molar refractivity (Wildman–Crippen MR) is 103 cm³/mol. The van der Waals surface area contributed by atoms with E-state index in [0.717, 1.165) is 18.4 Å². The van der Waals surface area contributed by atoms with Gasteiger partial charge in [-0.05, 0) is 42.7 Å². The molecule has 0 N–H and O–H groups in total. The molecule has 1 amide bonds. The number of aromatic nitrogens is 3. The summed E-state index contributed by atoms with van der Waals surface area (Å²) in [7, 11) is 3.19. The van der Waals surface area contributed by atoms with Crippen LogP contribution in [0.1, 0.15) is 24.4 Å². The number of rotatable bonds is 5. The van der Waals surface area contributed by atoms with Crippen LogP contribution in [0.15, 0.2) is 47.4 Å². The highest BCUT2D eigenvalue weighted by molar-refractivity contribution is 5.77. The Morgan fingerprint density at radius 3 is 2.75 bits per heavy atom. The molecule has 1 aliphatic heterocycles. The molecule has 1 aliphatic rings. The topological polar surface area (TPSA) is 78.1 Å². The normalized spacial score (nSPS) is 16.5. The largest absolute Gasteiger partial charge is 0.493 e. The molecular formula is C20H22N4O4. The van der Waals surface area contributed by atoms with Crippen molar-refractivity contribution in [2.45, 2.75) is 25.4 Å². The zero-order valence-electron chi connectivity index (χ0n) is 15.9. The average Bonchev–Trinajstić information content (AvgIpc) is 3.33. The summed E-state index contributed by atoms with van der Waals surface area (Å²) >= 11 is 0. The lowest BCUT2D eigenvalue weighted by atomic mass is 10.0. The third-order valence-electron chi connectivity index (χ3n) is 5.14. The fourth-order valence-electron chi connectivity index (χ4n) is 3.76. The van der Waals surface area contributed by atoms with Crippen molar-refractivity contribution in [3.8, 4) is 11.5 Å². The van der Waals surface area contributed by atoms with E-state index in [0.29, 0.717) is 23.7 Å². The minimum Gasteiger partial charge on any atom is -0.493 e. The lowest BCUT2D eigenvalue weighted by Crippen LogP contribution is -2.36. The zero-order valence-corrected chi connectivity index (χ0v) is 15.9. The van der Waals surface area contributed by atoms with Gasteiger partial charge in [0, 0.05) is 12.7 Å². The van der Waals surface area contributed by atoms with Crippen LogP contribution < -0.4 is 15.2 Å². The number of methoxy groups -OCH3 is 2. The van der Waals surface area contributed by atoms with Crippen molar-refractivity contribution in [2.24, 2.45) is 0 Å². The fraction of sp³-hybridized carbons (Fsp3) is 0.350. The molecule has 146 valence electrons. The molecule has 0 spiro atoms. The van der Waals surface area contributed by atoms with E-state index in [-0.39, 0.29) is 24.2 Å². The SMILES string of the molecule is COc1ccc(C2CCCN2C(=O)Cn2nc3ccccn3c2=O)cc1OC. The molecule has 1 saturated heterocycles. The van der Waals surface area contributed by atoms with Crippen LogP contribution in [0.3, 0.4) is 0 Å². The van der Waals surface area contributed by atoms with Gasteiger partial charge in [-0.2, -0.15) is 0 Å². The molecule has 8 heteroatoms. The Kier molecular flexibility index (Phi) is 4.77. The summed E-state index contributed by atoms with van der Waals surface area (Å²) in [4.78, 5) is 27.2. The molecule has 1 atom stereocenters. The first-order valence-electron chi connectivity index (χ1n) is 9.18. The first-order valence-corrected chi connectivity index (χ1v) is 9.18. The number of benzene rings is 1. The molecule has 0 bridgehead atoms. The van der Waals surface area contributed by atoms with Gasteiger partial charge in [-0.25, -0.2) is 9.48 Å². The van der Waals surface area contributed by atoms with E-state index >= 15 is 0 Å². The van der Waals surface area contributed by atoms with Crippen molar-refractivity contribution in [1.82, 2.24) is 19.1 Å². The molecule has 0 saturated carbocycles. The van der Waals surface area contributed by atoms with Gasteiger partial charge in [0.05, 0.1) is 20.3 Å². The molecule has 1 unspecified atom stereocenters. The van der Waals surface area contributed by atoms with Crippen LogP contribution in [0.25, 0.3) is 5.65 Å². The molecular weight excluding hydrogens is 360 g/mol. The lowest BCUT2D eigenvalue weighted by molar-refractivity contribution is -0.133. The number of nitrogens with zero attached hydrogens (tertiary/aromatic N) is 4. The van der Waals surface area contributed by atoms with E-state index in [1.54, 1.807) is 32.5 Å². The predicted octanol–water partition coefficient (Wildman–Crippen LogP) is 1.88. The zero-order chi connectivity index (χ0) is 19.7. The fourth-order valence-corrected chi connectivity index (χ4v) is 3.76. The van der Waals surface area contributed by atoms with Crippen molar-refractivity contribution in [2.75, 3.05) is 20.8 Å². The number of amides is 1. The van der Waals surface area contributed by atoms with Crippen molar-refractivity contribution < 1.29 is 14.3 Å². The van der Waals surface area contributed by atoms with Crippen molar-refractivity contribution in [3.63, 3.8) is 0 Å². The van der Waals surface area contributed by atoms with Crippen LogP contribution >= 0.6 is 0 Å². The van der Waals surface area contributed by atoms with Gasteiger partial charge in [-0.3, -0.25) is 9.20 Å². The minimum absolute atomic E-state index is 0.0555. The Morgan fingerprint density at radius 1 is 1.18 bits per heavy atom. The lowest BCUT2D eigenvalue weighted by Gasteiger charge is -2.25. The van der Waals surface area contributed by atoms with E-state index in [2.05, 4.69) is 5.10 Å². The van der Waals surface area contributed by atoms with Gasteiger partial charge in [-0.15, -0.1) is 5.10 Å². The van der Waals surface area contributed by atoms with Crippen LogP contribution in [0.4, 0.5) is 0 Å². The standard InChI is InChI=1S/C20H22N4O4/c1-27-16-9-8-14(12-17(16)28-2)15-6-5-11-22(15)19(25)13-24-20(26)23-10-4-3-7-18(23)21-24/h3-4,7-10,12,15H,5-6,11,13H2,1-2H3. The van der Waals surface area contributed by atoms with Gasteiger partial charge in [0.2, 0.25) is 5.91 Å². The Labute approximate surface area is 161 Å². The highest BCUT2D eigenvalue weighted by Crippen LogP contribution is 2.36. The van der Waals surface area contributed by atoms with Crippen molar-refractivity contribution in [1.29, 1.82) is 0 Å². The highest BCUT2D eigenvalue weighted by atomic mass is 16.5. The van der Waals surface area contributed by atoms with Crippen molar-refractivity contribution in [3.05, 3.63) is 58.6 Å². The average molecular weight is 382 g/mol.